The summed E-state index contributed by atoms with van der Waals surface area (Å²) in [6.07, 6.45) is 2.69. The molecule has 1 aromatic heterocycles. The van der Waals surface area contributed by atoms with Crippen molar-refractivity contribution in [3.8, 4) is 0 Å². The first-order valence-electron chi connectivity index (χ1n) is 7.88. The summed E-state index contributed by atoms with van der Waals surface area (Å²) in [5.41, 5.74) is -0.126. The lowest BCUT2D eigenvalue weighted by molar-refractivity contribution is -0.380. The predicted molar refractivity (Wildman–Crippen MR) is 94.7 cm³/mol. The van der Waals surface area contributed by atoms with Gasteiger partial charge in [0.25, 0.3) is 0 Å². The van der Waals surface area contributed by atoms with E-state index in [2.05, 4.69) is 5.32 Å². The number of esters is 1. The zero-order valence-electron chi connectivity index (χ0n) is 14.3. The number of nitrogens with zero attached hydrogens (tertiary/aromatic N) is 2. The smallest absolute Gasteiger partial charge is 0.341 e. The van der Waals surface area contributed by atoms with E-state index in [1.165, 1.54) is 0 Å². The molecule has 1 atom stereocenters. The van der Waals surface area contributed by atoms with Gasteiger partial charge < -0.3 is 10.1 Å². The van der Waals surface area contributed by atoms with Crippen LogP contribution in [0.1, 0.15) is 36.5 Å². The molecule has 26 heavy (non-hydrogen) atoms. The van der Waals surface area contributed by atoms with Crippen molar-refractivity contribution in [3.05, 3.63) is 21.7 Å². The normalized spacial score (nSPS) is 18.3. The summed E-state index contributed by atoms with van der Waals surface area (Å²) in [5, 5.41) is 13.1. The fourth-order valence-electron chi connectivity index (χ4n) is 2.68. The largest absolute Gasteiger partial charge is 0.462 e. The maximum Gasteiger partial charge on any atom is 0.341 e. The van der Waals surface area contributed by atoms with Gasteiger partial charge in [-0.05, 0) is 31.1 Å². The Balaban J connectivity index is 2.29. The van der Waals surface area contributed by atoms with Crippen molar-refractivity contribution in [1.29, 1.82) is 0 Å². The number of thiophene rings is 1. The van der Waals surface area contributed by atoms with Gasteiger partial charge in [0.15, 0.2) is 0 Å². The van der Waals surface area contributed by atoms with Gasteiger partial charge in [0.2, 0.25) is 15.9 Å². The summed E-state index contributed by atoms with van der Waals surface area (Å²) in [6, 6.07) is 0.114. The third-order valence-electron chi connectivity index (χ3n) is 3.81. The third kappa shape index (κ3) is 4.56. The molecule has 1 aliphatic rings. The Hall–Kier alpha value is -2.05. The number of carbonyl (C=O) groups excluding carboxylic acids is 2. The second-order valence-corrected chi connectivity index (χ2v) is 8.65. The molecule has 1 fully saturated rings. The predicted octanol–water partition coefficient (Wildman–Crippen LogP) is 1.59. The van der Waals surface area contributed by atoms with Gasteiger partial charge in [-0.2, -0.15) is 4.31 Å². The van der Waals surface area contributed by atoms with Gasteiger partial charge in [-0.15, -0.1) is 0 Å². The quantitative estimate of drug-likeness (QED) is 0.431. The van der Waals surface area contributed by atoms with Gasteiger partial charge in [0, 0.05) is 12.6 Å². The Labute approximate surface area is 154 Å². The molecule has 12 heteroatoms. The minimum absolute atomic E-state index is 0.0285. The van der Waals surface area contributed by atoms with Gasteiger partial charge in [0.1, 0.15) is 16.6 Å². The first-order valence-corrected chi connectivity index (χ1v) is 10.5. The summed E-state index contributed by atoms with van der Waals surface area (Å²) in [7, 11) is -3.58. The molecule has 1 saturated heterocycles. The Kier molecular flexibility index (Phi) is 6.31. The number of carbonyl (C=O) groups is 2. The molecule has 0 radical (unpaired) electrons. The van der Waals surface area contributed by atoms with Crippen molar-refractivity contribution in [3.63, 3.8) is 0 Å². The van der Waals surface area contributed by atoms with Crippen LogP contribution in [-0.4, -0.2) is 55.0 Å². The van der Waals surface area contributed by atoms with Crippen molar-refractivity contribution >= 4 is 43.2 Å². The maximum atomic E-state index is 12.6. The molecule has 0 saturated carbocycles. The highest BCUT2D eigenvalue weighted by atomic mass is 32.2. The molecule has 1 N–H and O–H groups in total. The number of ether oxygens (including phenoxy) is 1. The van der Waals surface area contributed by atoms with Crippen molar-refractivity contribution in [2.45, 2.75) is 32.2 Å². The third-order valence-corrected chi connectivity index (χ3v) is 6.10. The molecule has 2 rings (SSSR count). The van der Waals surface area contributed by atoms with E-state index in [9.17, 15) is 28.1 Å². The lowest BCUT2D eigenvalue weighted by atomic mass is 10.0. The minimum atomic E-state index is -3.58. The highest BCUT2D eigenvalue weighted by Crippen LogP contribution is 2.35. The Bertz CT molecular complexity index is 819. The van der Waals surface area contributed by atoms with E-state index in [1.807, 2.05) is 0 Å². The van der Waals surface area contributed by atoms with Crippen LogP contribution in [0.5, 0.6) is 0 Å². The number of amides is 1. The van der Waals surface area contributed by atoms with Crippen LogP contribution in [0.25, 0.3) is 0 Å². The average molecular weight is 405 g/mol. The number of nitro groups is 1. The van der Waals surface area contributed by atoms with Crippen LogP contribution < -0.4 is 5.32 Å². The molecule has 0 spiro atoms. The zero-order chi connectivity index (χ0) is 19.5. The van der Waals surface area contributed by atoms with Crippen molar-refractivity contribution in [1.82, 2.24) is 4.31 Å². The highest BCUT2D eigenvalue weighted by molar-refractivity contribution is 7.88. The SMILES string of the molecule is CCOC(=O)c1cc([N+](=O)[O-])sc1NC(=O)C1CCCCN1S(C)(=O)=O. The summed E-state index contributed by atoms with van der Waals surface area (Å²) in [4.78, 5) is 34.9. The van der Waals surface area contributed by atoms with Crippen molar-refractivity contribution in [2.24, 2.45) is 0 Å². The number of sulfonamides is 1. The first-order chi connectivity index (χ1) is 12.1. The number of hydrogen-bond acceptors (Lipinski definition) is 8. The van der Waals surface area contributed by atoms with Crippen LogP contribution in [-0.2, 0) is 19.6 Å². The Morgan fingerprint density at radius 3 is 2.73 bits per heavy atom. The second-order valence-electron chi connectivity index (χ2n) is 5.68. The van der Waals surface area contributed by atoms with Crippen molar-refractivity contribution < 1.29 is 27.7 Å². The van der Waals surface area contributed by atoms with Gasteiger partial charge in [-0.25, -0.2) is 13.2 Å². The summed E-state index contributed by atoms with van der Waals surface area (Å²) < 4.78 is 29.7. The Morgan fingerprint density at radius 1 is 1.46 bits per heavy atom. The topological polar surface area (TPSA) is 136 Å². The first kappa shape index (κ1) is 20.3. The summed E-state index contributed by atoms with van der Waals surface area (Å²) >= 11 is 0.623. The molecule has 0 aliphatic carbocycles. The number of hydrogen-bond donors (Lipinski definition) is 1. The lowest BCUT2D eigenvalue weighted by Gasteiger charge is -2.32. The van der Waals surface area contributed by atoms with E-state index in [0.29, 0.717) is 30.6 Å². The number of nitrogens with one attached hydrogen (secondary N) is 1. The van der Waals surface area contributed by atoms with Gasteiger partial charge in [0.05, 0.1) is 17.8 Å². The fraction of sp³-hybridized carbons (Fsp3) is 0.571. The fourth-order valence-corrected chi connectivity index (χ4v) is 4.67. The van der Waals surface area contributed by atoms with Gasteiger partial charge in [-0.3, -0.25) is 14.9 Å². The molecule has 10 nitrogen and oxygen atoms in total. The van der Waals surface area contributed by atoms with E-state index >= 15 is 0 Å². The molecule has 2 heterocycles. The number of rotatable bonds is 6. The van der Waals surface area contributed by atoms with Crippen LogP contribution in [0.3, 0.4) is 0 Å². The van der Waals surface area contributed by atoms with E-state index in [-0.39, 0.29) is 28.7 Å². The molecule has 0 aromatic carbocycles. The van der Waals surface area contributed by atoms with E-state index in [1.54, 1.807) is 6.92 Å². The summed E-state index contributed by atoms with van der Waals surface area (Å²) in [6.45, 7) is 1.88. The average Bonchev–Trinajstić information content (AvgIpc) is 2.98. The lowest BCUT2D eigenvalue weighted by Crippen LogP contribution is -2.49. The van der Waals surface area contributed by atoms with Crippen LogP contribution in [0.15, 0.2) is 6.07 Å². The van der Waals surface area contributed by atoms with E-state index < -0.39 is 32.9 Å². The molecular weight excluding hydrogens is 386 g/mol. The molecular formula is C14H19N3O7S2. The van der Waals surface area contributed by atoms with Crippen LogP contribution in [0.2, 0.25) is 0 Å². The molecule has 0 bridgehead atoms. The molecule has 1 unspecified atom stereocenters. The zero-order valence-corrected chi connectivity index (χ0v) is 15.9. The van der Waals surface area contributed by atoms with E-state index in [0.717, 1.165) is 16.6 Å². The standard InChI is InChI=1S/C14H19N3O7S2/c1-3-24-14(19)9-8-11(17(20)21)25-13(9)15-12(18)10-6-4-5-7-16(10)26(2,22)23/h8,10H,3-7H2,1-2H3,(H,15,18). The van der Waals surface area contributed by atoms with Crippen LogP contribution in [0, 0.1) is 10.1 Å². The van der Waals surface area contributed by atoms with Crippen molar-refractivity contribution in [2.75, 3.05) is 24.7 Å². The molecule has 144 valence electrons. The molecule has 1 aromatic rings. The molecule has 1 amide bonds. The summed E-state index contributed by atoms with van der Waals surface area (Å²) in [5.74, 6) is -1.42. The maximum absolute atomic E-state index is 12.6. The molecule has 1 aliphatic heterocycles. The monoisotopic (exact) mass is 405 g/mol. The van der Waals surface area contributed by atoms with Crippen LogP contribution in [0.4, 0.5) is 10.0 Å². The van der Waals surface area contributed by atoms with Gasteiger partial charge >= 0.3 is 11.0 Å². The minimum Gasteiger partial charge on any atom is -0.462 e. The van der Waals surface area contributed by atoms with Gasteiger partial charge in [-0.1, -0.05) is 6.42 Å². The van der Waals surface area contributed by atoms with Crippen LogP contribution >= 0.6 is 11.3 Å². The van der Waals surface area contributed by atoms with E-state index in [4.69, 9.17) is 4.74 Å². The second kappa shape index (κ2) is 8.10. The Morgan fingerprint density at radius 2 is 2.15 bits per heavy atom. The highest BCUT2D eigenvalue weighted by Gasteiger charge is 2.35. The number of anilines is 1. The number of piperidine rings is 1.